The van der Waals surface area contributed by atoms with Crippen LogP contribution in [0.15, 0.2) is 36.9 Å². The van der Waals surface area contributed by atoms with E-state index in [2.05, 4.69) is 17.2 Å². The number of esters is 1. The number of carbonyl (C=O) groups is 2. The van der Waals surface area contributed by atoms with Crippen LogP contribution < -0.4 is 10.6 Å². The highest BCUT2D eigenvalue weighted by atomic mass is 16.6. The smallest absolute Gasteiger partial charge is 0.306 e. The van der Waals surface area contributed by atoms with Gasteiger partial charge >= 0.3 is 5.97 Å². The molecule has 24 heavy (non-hydrogen) atoms. The predicted molar refractivity (Wildman–Crippen MR) is 89.6 cm³/mol. The molecule has 0 heterocycles. The summed E-state index contributed by atoms with van der Waals surface area (Å²) in [6.45, 7) is 5.64. The first-order valence-electron chi connectivity index (χ1n) is 7.51. The number of nitrogens with zero attached hydrogens (tertiary/aromatic N) is 1. The lowest BCUT2D eigenvalue weighted by molar-refractivity contribution is -0.384. The van der Waals surface area contributed by atoms with E-state index in [9.17, 15) is 19.7 Å². The number of para-hydroxylation sites is 2. The maximum absolute atomic E-state index is 11.7. The summed E-state index contributed by atoms with van der Waals surface area (Å²) >= 11 is 0. The highest BCUT2D eigenvalue weighted by molar-refractivity contribution is 5.83. The summed E-state index contributed by atoms with van der Waals surface area (Å²) in [6.07, 6.45) is 1.18. The Hall–Kier alpha value is -2.90. The number of nitrogens with one attached hydrogen (secondary N) is 2. The van der Waals surface area contributed by atoms with Gasteiger partial charge in [-0.3, -0.25) is 19.7 Å². The zero-order chi connectivity index (χ0) is 17.9. The molecule has 0 aliphatic carbocycles. The van der Waals surface area contributed by atoms with E-state index < -0.39 is 17.0 Å². The molecule has 8 heteroatoms. The summed E-state index contributed by atoms with van der Waals surface area (Å²) in [7, 11) is 0. The van der Waals surface area contributed by atoms with E-state index in [0.29, 0.717) is 25.2 Å². The van der Waals surface area contributed by atoms with Crippen LogP contribution in [0.4, 0.5) is 11.4 Å². The molecule has 1 rings (SSSR count). The van der Waals surface area contributed by atoms with Crippen molar-refractivity contribution in [3.63, 3.8) is 0 Å². The van der Waals surface area contributed by atoms with Crippen molar-refractivity contribution < 1.29 is 19.2 Å². The third-order valence-corrected chi connectivity index (χ3v) is 3.07. The molecule has 130 valence electrons. The zero-order valence-corrected chi connectivity index (χ0v) is 13.5. The van der Waals surface area contributed by atoms with Crippen molar-refractivity contribution in [1.82, 2.24) is 5.32 Å². The van der Waals surface area contributed by atoms with Gasteiger partial charge in [-0.05, 0) is 19.4 Å². The Morgan fingerprint density at radius 1 is 1.42 bits per heavy atom. The first-order chi connectivity index (χ1) is 11.5. The molecule has 2 N–H and O–H groups in total. The van der Waals surface area contributed by atoms with Crippen molar-refractivity contribution in [2.45, 2.75) is 25.9 Å². The number of amides is 1. The molecule has 0 fully saturated rings. The van der Waals surface area contributed by atoms with Gasteiger partial charge in [0.25, 0.3) is 11.6 Å². The molecule has 0 bridgehead atoms. The Kier molecular flexibility index (Phi) is 7.97. The van der Waals surface area contributed by atoms with Crippen molar-refractivity contribution in [2.75, 3.05) is 18.4 Å². The van der Waals surface area contributed by atoms with Crippen LogP contribution in [0.3, 0.4) is 0 Å². The second kappa shape index (κ2) is 9.98. The fourth-order valence-corrected chi connectivity index (χ4v) is 1.86. The molecule has 0 aromatic heterocycles. The van der Waals surface area contributed by atoms with E-state index in [1.54, 1.807) is 18.2 Å². The second-order valence-corrected chi connectivity index (χ2v) is 4.97. The monoisotopic (exact) mass is 335 g/mol. The number of anilines is 1. The Balaban J connectivity index is 2.32. The highest BCUT2D eigenvalue weighted by Gasteiger charge is 2.17. The molecule has 1 aromatic rings. The van der Waals surface area contributed by atoms with E-state index in [-0.39, 0.29) is 18.0 Å². The molecule has 0 saturated carbocycles. The third-order valence-electron chi connectivity index (χ3n) is 3.07. The third kappa shape index (κ3) is 6.47. The van der Waals surface area contributed by atoms with E-state index in [0.717, 1.165) is 0 Å². The topological polar surface area (TPSA) is 111 Å². The van der Waals surface area contributed by atoms with Gasteiger partial charge in [-0.25, -0.2) is 0 Å². The van der Waals surface area contributed by atoms with Crippen molar-refractivity contribution >= 4 is 23.3 Å². The molecule has 0 aliphatic heterocycles. The second-order valence-electron chi connectivity index (χ2n) is 4.97. The number of benzene rings is 1. The lowest BCUT2D eigenvalue weighted by atomic mass is 10.2. The van der Waals surface area contributed by atoms with Crippen LogP contribution in [0.1, 0.15) is 19.8 Å². The van der Waals surface area contributed by atoms with Crippen molar-refractivity contribution in [1.29, 1.82) is 0 Å². The largest absolute Gasteiger partial charge is 0.453 e. The van der Waals surface area contributed by atoms with Crippen LogP contribution in [-0.2, 0) is 14.3 Å². The summed E-state index contributed by atoms with van der Waals surface area (Å²) in [6, 6.07) is 6.27. The molecule has 1 amide bonds. The zero-order valence-electron chi connectivity index (χ0n) is 13.5. The van der Waals surface area contributed by atoms with E-state index in [1.165, 1.54) is 19.1 Å². The Bertz CT molecular complexity index is 603. The number of hydrogen-bond donors (Lipinski definition) is 2. The number of hydrogen-bond acceptors (Lipinski definition) is 6. The summed E-state index contributed by atoms with van der Waals surface area (Å²) in [5.41, 5.74) is 0.376. The molecular formula is C16H21N3O5. The fraction of sp³-hybridized carbons (Fsp3) is 0.375. The molecule has 1 aromatic carbocycles. The lowest BCUT2D eigenvalue weighted by Crippen LogP contribution is -2.35. The predicted octanol–water partition coefficient (Wildman–Crippen LogP) is 2.02. The quantitative estimate of drug-likeness (QED) is 0.222. The van der Waals surface area contributed by atoms with Crippen molar-refractivity contribution in [3.8, 4) is 0 Å². The van der Waals surface area contributed by atoms with Crippen LogP contribution >= 0.6 is 0 Å². The van der Waals surface area contributed by atoms with E-state index in [1.807, 2.05) is 0 Å². The number of ether oxygens (including phenoxy) is 1. The van der Waals surface area contributed by atoms with Gasteiger partial charge < -0.3 is 15.4 Å². The van der Waals surface area contributed by atoms with Gasteiger partial charge in [0.05, 0.1) is 4.92 Å². The summed E-state index contributed by atoms with van der Waals surface area (Å²) < 4.78 is 5.00. The van der Waals surface area contributed by atoms with Gasteiger partial charge in [0, 0.05) is 25.6 Å². The van der Waals surface area contributed by atoms with Gasteiger partial charge in [0.1, 0.15) is 5.69 Å². The number of nitro benzene ring substituents is 1. The van der Waals surface area contributed by atoms with Crippen LogP contribution in [0.25, 0.3) is 0 Å². The Labute approximate surface area is 140 Å². The first kappa shape index (κ1) is 19.1. The number of carbonyl (C=O) groups excluding carboxylic acids is 2. The van der Waals surface area contributed by atoms with Crippen LogP contribution in [0, 0.1) is 10.1 Å². The maximum atomic E-state index is 11.7. The van der Waals surface area contributed by atoms with Gasteiger partial charge in [0.15, 0.2) is 6.10 Å². The first-order valence-corrected chi connectivity index (χ1v) is 7.51. The molecule has 0 radical (unpaired) electrons. The normalized spacial score (nSPS) is 11.2. The SMILES string of the molecule is C=CCNC(=O)C(C)OC(=O)CCCNc1ccccc1[N+](=O)[O-]. The molecule has 0 aliphatic rings. The minimum absolute atomic E-state index is 0.0208. The van der Waals surface area contributed by atoms with Gasteiger partial charge in [-0.15, -0.1) is 6.58 Å². The minimum Gasteiger partial charge on any atom is -0.453 e. The molecule has 0 saturated heterocycles. The summed E-state index contributed by atoms with van der Waals surface area (Å²) in [5.74, 6) is -0.887. The van der Waals surface area contributed by atoms with Gasteiger partial charge in [-0.2, -0.15) is 0 Å². The molecule has 1 atom stereocenters. The molecule has 1 unspecified atom stereocenters. The number of nitro groups is 1. The maximum Gasteiger partial charge on any atom is 0.306 e. The molecule has 8 nitrogen and oxygen atoms in total. The van der Waals surface area contributed by atoms with Crippen LogP contribution in [0.2, 0.25) is 0 Å². The standard InChI is InChI=1S/C16H21N3O5/c1-3-10-18-16(21)12(2)24-15(20)9-6-11-17-13-7-4-5-8-14(13)19(22)23/h3-5,7-8,12,17H,1,6,9-11H2,2H3,(H,18,21). The highest BCUT2D eigenvalue weighted by Crippen LogP contribution is 2.22. The Morgan fingerprint density at radius 3 is 2.79 bits per heavy atom. The van der Waals surface area contributed by atoms with Crippen LogP contribution in [0.5, 0.6) is 0 Å². The average molecular weight is 335 g/mol. The Morgan fingerprint density at radius 2 is 2.12 bits per heavy atom. The molecule has 0 spiro atoms. The summed E-state index contributed by atoms with van der Waals surface area (Å²) in [5, 5.41) is 16.3. The lowest BCUT2D eigenvalue weighted by Gasteiger charge is -2.13. The van der Waals surface area contributed by atoms with Crippen molar-refractivity contribution in [3.05, 3.63) is 47.0 Å². The molecular weight excluding hydrogens is 314 g/mol. The van der Waals surface area contributed by atoms with Gasteiger partial charge in [0.2, 0.25) is 0 Å². The summed E-state index contributed by atoms with van der Waals surface area (Å²) in [4.78, 5) is 33.6. The van der Waals surface area contributed by atoms with Crippen molar-refractivity contribution in [2.24, 2.45) is 0 Å². The van der Waals surface area contributed by atoms with Gasteiger partial charge in [-0.1, -0.05) is 18.2 Å². The minimum atomic E-state index is -0.874. The van der Waals surface area contributed by atoms with E-state index in [4.69, 9.17) is 4.74 Å². The average Bonchev–Trinajstić information content (AvgIpc) is 2.56. The number of rotatable bonds is 10. The van der Waals surface area contributed by atoms with Crippen LogP contribution in [-0.4, -0.2) is 36.0 Å². The van der Waals surface area contributed by atoms with E-state index >= 15 is 0 Å². The fourth-order valence-electron chi connectivity index (χ4n) is 1.86.